The normalized spacial score (nSPS) is 15.9. The number of fused-ring (bicyclic) bond motifs is 1. The van der Waals surface area contributed by atoms with E-state index in [9.17, 15) is 30.3 Å². The fourth-order valence-electron chi connectivity index (χ4n) is 4.08. The van der Waals surface area contributed by atoms with E-state index in [1.54, 1.807) is 19.9 Å². The standard InChI is InChI=1S/C25H24O7/c1-12-4-5-17(25(2,3)31)14(6-12)15-9-16(19(28)10-18(15)27)22-11-21(30)24-20(29)7-13(26)8-23(24)32-22/h4-10,22,26-29,31H,11H2,1-3H3. The Morgan fingerprint density at radius 3 is 2.31 bits per heavy atom. The molecule has 3 aromatic rings. The maximum absolute atomic E-state index is 12.7. The highest BCUT2D eigenvalue weighted by Crippen LogP contribution is 2.46. The zero-order valence-electron chi connectivity index (χ0n) is 17.9. The number of aromatic hydroxyl groups is 4. The van der Waals surface area contributed by atoms with Gasteiger partial charge in [0.15, 0.2) is 5.78 Å². The maximum Gasteiger partial charge on any atom is 0.174 e. The van der Waals surface area contributed by atoms with Gasteiger partial charge in [-0.3, -0.25) is 4.79 Å². The smallest absolute Gasteiger partial charge is 0.174 e. The highest BCUT2D eigenvalue weighted by atomic mass is 16.5. The highest BCUT2D eigenvalue weighted by Gasteiger charge is 2.33. The number of hydrogen-bond acceptors (Lipinski definition) is 7. The number of aryl methyl sites for hydroxylation is 1. The SMILES string of the molecule is Cc1ccc(C(C)(C)O)c(-c2cc(C3CC(=O)c4c(O)cc(O)cc4O3)c(O)cc2O)c1. The van der Waals surface area contributed by atoms with Crippen molar-refractivity contribution in [2.75, 3.05) is 0 Å². The van der Waals surface area contributed by atoms with Crippen molar-refractivity contribution < 1.29 is 35.1 Å². The summed E-state index contributed by atoms with van der Waals surface area (Å²) in [5, 5.41) is 51.6. The third kappa shape index (κ3) is 3.71. The van der Waals surface area contributed by atoms with Gasteiger partial charge in [-0.25, -0.2) is 0 Å². The Hall–Kier alpha value is -3.71. The predicted molar refractivity (Wildman–Crippen MR) is 117 cm³/mol. The summed E-state index contributed by atoms with van der Waals surface area (Å²) in [6.07, 6.45) is -1.07. The van der Waals surface area contributed by atoms with Crippen LogP contribution in [0, 0.1) is 6.92 Å². The topological polar surface area (TPSA) is 127 Å². The first-order valence-corrected chi connectivity index (χ1v) is 10.1. The molecule has 0 amide bonds. The molecule has 0 saturated heterocycles. The predicted octanol–water partition coefficient (Wildman–Crippen LogP) is 4.42. The molecule has 7 nitrogen and oxygen atoms in total. The lowest BCUT2D eigenvalue weighted by Crippen LogP contribution is -2.21. The minimum Gasteiger partial charge on any atom is -0.508 e. The second-order valence-electron chi connectivity index (χ2n) is 8.61. The molecule has 1 unspecified atom stereocenters. The molecule has 0 bridgehead atoms. The van der Waals surface area contributed by atoms with E-state index in [1.807, 2.05) is 19.1 Å². The van der Waals surface area contributed by atoms with Gasteiger partial charge in [-0.15, -0.1) is 0 Å². The minimum atomic E-state index is -1.20. The molecule has 1 heterocycles. The number of ether oxygens (including phenoxy) is 1. The van der Waals surface area contributed by atoms with E-state index < -0.39 is 17.5 Å². The second-order valence-corrected chi connectivity index (χ2v) is 8.61. The van der Waals surface area contributed by atoms with Crippen LogP contribution in [0.1, 0.15) is 53.4 Å². The number of phenols is 4. The average molecular weight is 436 g/mol. The Balaban J connectivity index is 1.85. The average Bonchev–Trinajstić information content (AvgIpc) is 2.66. The molecule has 0 fully saturated rings. The molecule has 1 atom stereocenters. The molecule has 0 radical (unpaired) electrons. The van der Waals surface area contributed by atoms with Gasteiger partial charge in [0.2, 0.25) is 0 Å². The van der Waals surface area contributed by atoms with Crippen molar-refractivity contribution in [3.63, 3.8) is 0 Å². The Bertz CT molecular complexity index is 1240. The Morgan fingerprint density at radius 1 is 0.906 bits per heavy atom. The van der Waals surface area contributed by atoms with E-state index in [4.69, 9.17) is 4.74 Å². The number of benzene rings is 3. The number of carbonyl (C=O) groups is 1. The van der Waals surface area contributed by atoms with Crippen LogP contribution in [0.3, 0.4) is 0 Å². The van der Waals surface area contributed by atoms with Crippen molar-refractivity contribution >= 4 is 5.78 Å². The fraction of sp³-hybridized carbons (Fsp3) is 0.240. The molecule has 32 heavy (non-hydrogen) atoms. The van der Waals surface area contributed by atoms with Gasteiger partial charge in [0.1, 0.15) is 40.4 Å². The summed E-state index contributed by atoms with van der Waals surface area (Å²) in [5.41, 5.74) is 1.46. The monoisotopic (exact) mass is 436 g/mol. The molecule has 7 heteroatoms. The van der Waals surface area contributed by atoms with Gasteiger partial charge in [0.05, 0.1) is 12.0 Å². The molecule has 1 aliphatic heterocycles. The van der Waals surface area contributed by atoms with Crippen molar-refractivity contribution in [1.82, 2.24) is 0 Å². The van der Waals surface area contributed by atoms with Crippen LogP contribution in [-0.2, 0) is 5.60 Å². The van der Waals surface area contributed by atoms with Crippen LogP contribution in [0.5, 0.6) is 28.7 Å². The fourth-order valence-corrected chi connectivity index (χ4v) is 4.08. The Labute approximate surface area is 184 Å². The van der Waals surface area contributed by atoms with Crippen molar-refractivity contribution in [3.05, 3.63) is 64.7 Å². The molecule has 5 N–H and O–H groups in total. The summed E-state index contributed by atoms with van der Waals surface area (Å²) in [5.74, 6) is -1.51. The number of aliphatic hydroxyl groups is 1. The van der Waals surface area contributed by atoms with Gasteiger partial charge in [0.25, 0.3) is 0 Å². The third-order valence-corrected chi connectivity index (χ3v) is 5.60. The van der Waals surface area contributed by atoms with Gasteiger partial charge in [-0.2, -0.15) is 0 Å². The van der Waals surface area contributed by atoms with Crippen LogP contribution in [0.4, 0.5) is 0 Å². The molecule has 3 aromatic carbocycles. The first-order valence-electron chi connectivity index (χ1n) is 10.1. The molecule has 0 spiro atoms. The van der Waals surface area contributed by atoms with Crippen molar-refractivity contribution in [3.8, 4) is 39.9 Å². The van der Waals surface area contributed by atoms with Gasteiger partial charge >= 0.3 is 0 Å². The van der Waals surface area contributed by atoms with Crippen LogP contribution < -0.4 is 4.74 Å². The van der Waals surface area contributed by atoms with E-state index in [1.165, 1.54) is 18.2 Å². The third-order valence-electron chi connectivity index (χ3n) is 5.60. The quantitative estimate of drug-likeness (QED) is 0.411. The van der Waals surface area contributed by atoms with E-state index in [0.29, 0.717) is 16.7 Å². The Kier molecular flexibility index (Phi) is 5.02. The van der Waals surface area contributed by atoms with Gasteiger partial charge in [-0.05, 0) is 38.0 Å². The lowest BCUT2D eigenvalue weighted by molar-refractivity contribution is 0.0791. The number of hydrogen-bond donors (Lipinski definition) is 5. The molecule has 4 rings (SSSR count). The highest BCUT2D eigenvalue weighted by molar-refractivity contribution is 6.02. The van der Waals surface area contributed by atoms with E-state index in [-0.39, 0.29) is 46.3 Å². The molecular formula is C25H24O7. The molecular weight excluding hydrogens is 412 g/mol. The van der Waals surface area contributed by atoms with Crippen molar-refractivity contribution in [2.24, 2.45) is 0 Å². The van der Waals surface area contributed by atoms with Crippen LogP contribution in [0.2, 0.25) is 0 Å². The number of ketones is 1. The van der Waals surface area contributed by atoms with E-state index in [2.05, 4.69) is 0 Å². The van der Waals surface area contributed by atoms with Crippen LogP contribution in [0.25, 0.3) is 11.1 Å². The maximum atomic E-state index is 12.7. The van der Waals surface area contributed by atoms with Crippen LogP contribution >= 0.6 is 0 Å². The van der Waals surface area contributed by atoms with Crippen molar-refractivity contribution in [1.29, 1.82) is 0 Å². The zero-order valence-corrected chi connectivity index (χ0v) is 17.9. The second kappa shape index (κ2) is 7.46. The summed E-state index contributed by atoms with van der Waals surface area (Å²) in [4.78, 5) is 12.7. The summed E-state index contributed by atoms with van der Waals surface area (Å²) in [6.45, 7) is 5.16. The molecule has 0 saturated carbocycles. The van der Waals surface area contributed by atoms with E-state index in [0.717, 1.165) is 11.6 Å². The lowest BCUT2D eigenvalue weighted by Gasteiger charge is -2.28. The summed E-state index contributed by atoms with van der Waals surface area (Å²) in [7, 11) is 0. The number of phenolic OH excluding ortho intramolecular Hbond substituents is 4. The minimum absolute atomic E-state index is 0.00510. The van der Waals surface area contributed by atoms with Crippen molar-refractivity contribution in [2.45, 2.75) is 38.9 Å². The number of carbonyl (C=O) groups excluding carboxylic acids is 1. The molecule has 166 valence electrons. The van der Waals surface area contributed by atoms with Gasteiger partial charge < -0.3 is 30.3 Å². The largest absolute Gasteiger partial charge is 0.508 e. The summed E-state index contributed by atoms with van der Waals surface area (Å²) < 4.78 is 5.85. The molecule has 0 aliphatic carbocycles. The number of Topliss-reactive ketones (excluding diaryl/α,β-unsaturated/α-hetero) is 1. The first-order chi connectivity index (χ1) is 15.0. The van der Waals surface area contributed by atoms with E-state index >= 15 is 0 Å². The van der Waals surface area contributed by atoms with Crippen LogP contribution in [0.15, 0.2) is 42.5 Å². The molecule has 1 aliphatic rings. The summed E-state index contributed by atoms with van der Waals surface area (Å²) >= 11 is 0. The first kappa shape index (κ1) is 21.5. The van der Waals surface area contributed by atoms with Gasteiger partial charge in [-0.1, -0.05) is 23.8 Å². The van der Waals surface area contributed by atoms with Gasteiger partial charge in [0, 0.05) is 29.3 Å². The lowest BCUT2D eigenvalue weighted by atomic mass is 9.86. The van der Waals surface area contributed by atoms with Crippen LogP contribution in [-0.4, -0.2) is 31.3 Å². The number of rotatable bonds is 3. The molecule has 0 aromatic heterocycles. The summed E-state index contributed by atoms with van der Waals surface area (Å²) in [6, 6.07) is 10.4. The zero-order chi connectivity index (χ0) is 23.4. The Morgan fingerprint density at radius 2 is 1.62 bits per heavy atom.